The lowest BCUT2D eigenvalue weighted by molar-refractivity contribution is -0.276. The highest BCUT2D eigenvalue weighted by molar-refractivity contribution is 5.99. The quantitative estimate of drug-likeness (QED) is 0.133. The number of anilines is 2. The van der Waals surface area contributed by atoms with Crippen molar-refractivity contribution in [1.29, 1.82) is 0 Å². The van der Waals surface area contributed by atoms with Gasteiger partial charge in [-0.15, -0.1) is 6.58 Å². The second-order valence-electron chi connectivity index (χ2n) is 12.6. The number of carbonyl (C=O) groups excluding carboxylic acids is 1. The van der Waals surface area contributed by atoms with Gasteiger partial charge in [0.15, 0.2) is 6.29 Å². The van der Waals surface area contributed by atoms with E-state index in [1.54, 1.807) is 12.1 Å². The van der Waals surface area contributed by atoms with Crippen molar-refractivity contribution in [2.75, 3.05) is 23.7 Å². The number of carbonyl (C=O) groups is 1. The number of hydrogen-bond donors (Lipinski definition) is 3. The van der Waals surface area contributed by atoms with Gasteiger partial charge in [-0.25, -0.2) is 4.79 Å². The van der Waals surface area contributed by atoms with Crippen LogP contribution in [0, 0.1) is 5.92 Å². The van der Waals surface area contributed by atoms with Crippen LogP contribution < -0.4 is 15.4 Å². The summed E-state index contributed by atoms with van der Waals surface area (Å²) < 4.78 is 19.2. The van der Waals surface area contributed by atoms with Crippen LogP contribution >= 0.6 is 0 Å². The molecule has 250 valence electrons. The Morgan fingerprint density at radius 1 is 0.854 bits per heavy atom. The van der Waals surface area contributed by atoms with Gasteiger partial charge in [0.1, 0.15) is 11.5 Å². The summed E-state index contributed by atoms with van der Waals surface area (Å²) >= 11 is 0. The molecule has 1 saturated carbocycles. The fourth-order valence-corrected chi connectivity index (χ4v) is 6.62. The van der Waals surface area contributed by atoms with E-state index >= 15 is 0 Å². The minimum atomic E-state index is -0.581. The molecule has 0 spiro atoms. The molecule has 1 heterocycles. The largest absolute Gasteiger partial charge is 0.457 e. The average Bonchev–Trinajstić information content (AvgIpc) is 3.66. The standard InChI is InChI=1S/C40H45N3O5/c1-3-25-43(34-9-7-8-10-34)26-37-28(2)38(30-15-13-29(27-44)14-16-30)48-39(47-37)31-17-19-32(20-18-31)41-40(45)42-33-21-23-36(24-22-33)46-35-11-5-4-6-12-35/h3-6,11-24,28,34,37-39,44H,1,7-10,25-27H2,2H3,(H2,41,42,45). The van der Waals surface area contributed by atoms with E-state index in [9.17, 15) is 9.90 Å². The lowest BCUT2D eigenvalue weighted by Crippen LogP contribution is -2.47. The molecule has 1 aliphatic carbocycles. The molecule has 4 atom stereocenters. The van der Waals surface area contributed by atoms with Crippen molar-refractivity contribution in [2.24, 2.45) is 5.92 Å². The van der Waals surface area contributed by atoms with Gasteiger partial charge in [-0.3, -0.25) is 4.90 Å². The Kier molecular flexibility index (Phi) is 11.2. The van der Waals surface area contributed by atoms with Gasteiger partial charge in [0.25, 0.3) is 0 Å². The smallest absolute Gasteiger partial charge is 0.323 e. The SMILES string of the molecule is C=CCN(CC1OC(c2ccc(NC(=O)Nc3ccc(Oc4ccccc4)cc3)cc2)OC(c2ccc(CO)cc2)C1C)C1CCCC1. The van der Waals surface area contributed by atoms with Crippen LogP contribution in [0.15, 0.2) is 116 Å². The molecular weight excluding hydrogens is 602 g/mol. The van der Waals surface area contributed by atoms with E-state index in [2.05, 4.69) is 29.0 Å². The average molecular weight is 648 g/mol. The normalized spacial score (nSPS) is 21.1. The molecular formula is C40H45N3O5. The topological polar surface area (TPSA) is 92.3 Å². The van der Waals surface area contributed by atoms with E-state index in [4.69, 9.17) is 14.2 Å². The zero-order chi connectivity index (χ0) is 33.3. The number of rotatable bonds is 12. The van der Waals surface area contributed by atoms with Crippen molar-refractivity contribution in [3.05, 3.63) is 132 Å². The van der Waals surface area contributed by atoms with Crippen molar-refractivity contribution in [3.63, 3.8) is 0 Å². The van der Waals surface area contributed by atoms with E-state index in [0.717, 1.165) is 35.5 Å². The number of ether oxygens (including phenoxy) is 3. The number of aliphatic hydroxyl groups excluding tert-OH is 1. The number of urea groups is 1. The summed E-state index contributed by atoms with van der Waals surface area (Å²) in [5.41, 5.74) is 4.10. The first-order valence-corrected chi connectivity index (χ1v) is 16.9. The molecule has 1 saturated heterocycles. The molecule has 6 rings (SSSR count). The number of nitrogens with one attached hydrogen (secondary N) is 2. The Labute approximate surface area is 283 Å². The first-order chi connectivity index (χ1) is 23.5. The van der Waals surface area contributed by atoms with Crippen LogP contribution in [-0.4, -0.2) is 41.3 Å². The van der Waals surface area contributed by atoms with Gasteiger partial charge in [0.05, 0.1) is 18.8 Å². The summed E-state index contributed by atoms with van der Waals surface area (Å²) in [7, 11) is 0. The molecule has 1 aliphatic heterocycles. The van der Waals surface area contributed by atoms with Crippen LogP contribution in [0.25, 0.3) is 0 Å². The van der Waals surface area contributed by atoms with Crippen LogP contribution in [0.5, 0.6) is 11.5 Å². The molecule has 2 aliphatic rings. The Morgan fingerprint density at radius 3 is 2.08 bits per heavy atom. The zero-order valence-electron chi connectivity index (χ0n) is 27.5. The van der Waals surface area contributed by atoms with Crippen LogP contribution in [0.2, 0.25) is 0 Å². The predicted octanol–water partition coefficient (Wildman–Crippen LogP) is 8.84. The highest BCUT2D eigenvalue weighted by atomic mass is 16.7. The molecule has 0 radical (unpaired) electrons. The van der Waals surface area contributed by atoms with E-state index in [-0.39, 0.29) is 30.8 Å². The Morgan fingerprint density at radius 2 is 1.46 bits per heavy atom. The second kappa shape index (κ2) is 16.1. The first kappa shape index (κ1) is 33.4. The van der Waals surface area contributed by atoms with Crippen molar-refractivity contribution in [1.82, 2.24) is 4.90 Å². The Bertz CT molecular complexity index is 1610. The molecule has 8 nitrogen and oxygen atoms in total. The van der Waals surface area contributed by atoms with Gasteiger partial charge in [0, 0.05) is 42.0 Å². The van der Waals surface area contributed by atoms with Crippen LogP contribution in [-0.2, 0) is 16.1 Å². The van der Waals surface area contributed by atoms with E-state index in [1.807, 2.05) is 97.1 Å². The third-order valence-electron chi connectivity index (χ3n) is 9.27. The van der Waals surface area contributed by atoms with Crippen LogP contribution in [0.1, 0.15) is 61.7 Å². The van der Waals surface area contributed by atoms with Gasteiger partial charge in [0.2, 0.25) is 0 Å². The van der Waals surface area contributed by atoms with Gasteiger partial charge >= 0.3 is 6.03 Å². The van der Waals surface area contributed by atoms with E-state index in [0.29, 0.717) is 23.2 Å². The highest BCUT2D eigenvalue weighted by Crippen LogP contribution is 2.42. The molecule has 0 bridgehead atoms. The summed E-state index contributed by atoms with van der Waals surface area (Å²) in [6.45, 7) is 7.85. The molecule has 0 aromatic heterocycles. The summed E-state index contributed by atoms with van der Waals surface area (Å²) in [5.74, 6) is 1.53. The number of benzene rings is 4. The number of amides is 2. The molecule has 4 aromatic carbocycles. The van der Waals surface area contributed by atoms with E-state index < -0.39 is 6.29 Å². The van der Waals surface area contributed by atoms with Gasteiger partial charge in [-0.2, -0.15) is 0 Å². The number of nitrogens with zero attached hydrogens (tertiary/aromatic N) is 1. The summed E-state index contributed by atoms with van der Waals surface area (Å²) in [6, 6.07) is 32.5. The monoisotopic (exact) mass is 647 g/mol. The van der Waals surface area contributed by atoms with Crippen molar-refractivity contribution in [2.45, 2.75) is 63.8 Å². The number of hydrogen-bond acceptors (Lipinski definition) is 6. The fraction of sp³-hybridized carbons (Fsp3) is 0.325. The number of aliphatic hydroxyl groups is 1. The lowest BCUT2D eigenvalue weighted by Gasteiger charge is -2.43. The minimum Gasteiger partial charge on any atom is -0.457 e. The van der Waals surface area contributed by atoms with Crippen molar-refractivity contribution < 1.29 is 24.1 Å². The first-order valence-electron chi connectivity index (χ1n) is 16.9. The Balaban J connectivity index is 1.12. The Hall–Kier alpha value is -4.47. The van der Waals surface area contributed by atoms with E-state index in [1.165, 1.54) is 25.7 Å². The maximum atomic E-state index is 12.8. The molecule has 8 heteroatoms. The maximum Gasteiger partial charge on any atom is 0.323 e. The second-order valence-corrected chi connectivity index (χ2v) is 12.6. The lowest BCUT2D eigenvalue weighted by atomic mass is 9.89. The highest BCUT2D eigenvalue weighted by Gasteiger charge is 2.40. The van der Waals surface area contributed by atoms with Gasteiger partial charge < -0.3 is 30.0 Å². The van der Waals surface area contributed by atoms with Crippen LogP contribution in [0.3, 0.4) is 0 Å². The zero-order valence-corrected chi connectivity index (χ0v) is 27.5. The third kappa shape index (κ3) is 8.51. The number of para-hydroxylation sites is 1. The summed E-state index contributed by atoms with van der Waals surface area (Å²) in [5, 5.41) is 15.4. The minimum absolute atomic E-state index is 0.00201. The third-order valence-corrected chi connectivity index (χ3v) is 9.27. The van der Waals surface area contributed by atoms with Gasteiger partial charge in [-0.1, -0.05) is 80.4 Å². The summed E-state index contributed by atoms with van der Waals surface area (Å²) in [4.78, 5) is 15.3. The summed E-state index contributed by atoms with van der Waals surface area (Å²) in [6.07, 6.45) is 6.08. The maximum absolute atomic E-state index is 12.8. The molecule has 2 amide bonds. The van der Waals surface area contributed by atoms with Crippen molar-refractivity contribution >= 4 is 17.4 Å². The molecule has 3 N–H and O–H groups in total. The molecule has 4 unspecified atom stereocenters. The molecule has 4 aromatic rings. The van der Waals surface area contributed by atoms with Crippen LogP contribution in [0.4, 0.5) is 16.2 Å². The fourth-order valence-electron chi connectivity index (χ4n) is 6.62. The molecule has 2 fully saturated rings. The van der Waals surface area contributed by atoms with Gasteiger partial charge in [-0.05, 0) is 72.5 Å². The van der Waals surface area contributed by atoms with Crippen molar-refractivity contribution in [3.8, 4) is 11.5 Å². The predicted molar refractivity (Wildman–Crippen MR) is 189 cm³/mol. The molecule has 48 heavy (non-hydrogen) atoms.